The van der Waals surface area contributed by atoms with Crippen LogP contribution in [0, 0.1) is 0 Å². The number of nitrogen functional groups attached to an aromatic ring is 1. The van der Waals surface area contributed by atoms with Gasteiger partial charge in [-0.25, -0.2) is 14.3 Å². The minimum absolute atomic E-state index is 0.316. The average molecular weight is 316 g/mol. The van der Waals surface area contributed by atoms with Crippen molar-refractivity contribution in [2.45, 2.75) is 15.5 Å². The number of hydrazine groups is 1. The Morgan fingerprint density at radius 3 is 2.63 bits per heavy atom. The number of aromatic nitrogens is 2. The number of rotatable bonds is 5. The van der Waals surface area contributed by atoms with Gasteiger partial charge in [-0.2, -0.15) is 0 Å². The number of thioether (sulfide) groups is 1. The molecule has 1 aromatic carbocycles. The van der Waals surface area contributed by atoms with Gasteiger partial charge in [-0.3, -0.25) is 0 Å². The van der Waals surface area contributed by atoms with Crippen LogP contribution in [0.25, 0.3) is 0 Å². The lowest BCUT2D eigenvalue weighted by Crippen LogP contribution is -2.06. The van der Waals surface area contributed by atoms with Gasteiger partial charge in [0.15, 0.2) is 9.84 Å². The van der Waals surface area contributed by atoms with Crippen molar-refractivity contribution < 1.29 is 8.42 Å². The van der Waals surface area contributed by atoms with Gasteiger partial charge in [0.25, 0.3) is 0 Å². The molecule has 0 atom stereocenters. The van der Waals surface area contributed by atoms with Crippen molar-refractivity contribution in [3.05, 3.63) is 30.0 Å². The molecule has 1 aromatic heterocycles. The van der Waals surface area contributed by atoms with Gasteiger partial charge in [0.2, 0.25) is 0 Å². The zero-order valence-electron chi connectivity index (χ0n) is 10.0. The summed E-state index contributed by atoms with van der Waals surface area (Å²) in [5, 5.41) is 4.70. The molecule has 2 aromatic rings. The predicted molar refractivity (Wildman–Crippen MR) is 76.8 cm³/mol. The van der Waals surface area contributed by atoms with Crippen LogP contribution in [0.5, 0.6) is 0 Å². The van der Waals surface area contributed by atoms with E-state index in [-0.39, 0.29) is 0 Å². The third-order valence-electron chi connectivity index (χ3n) is 2.31. The first-order valence-corrected chi connectivity index (χ1v) is 8.86. The highest BCUT2D eigenvalue weighted by Gasteiger charge is 2.09. The zero-order valence-corrected chi connectivity index (χ0v) is 12.5. The average Bonchev–Trinajstić information content (AvgIpc) is 2.83. The SMILES string of the molecule is CS(=O)(=O)c1ccc(SCc2nnsc2NN)cc1. The van der Waals surface area contributed by atoms with Crippen molar-refractivity contribution in [2.75, 3.05) is 11.7 Å². The summed E-state index contributed by atoms with van der Waals surface area (Å²) in [6.07, 6.45) is 1.19. The summed E-state index contributed by atoms with van der Waals surface area (Å²) in [4.78, 5) is 1.28. The maximum absolute atomic E-state index is 11.3. The molecule has 0 fully saturated rings. The van der Waals surface area contributed by atoms with Gasteiger partial charge >= 0.3 is 0 Å². The standard InChI is InChI=1S/C10H12N4O2S3/c1-19(15,16)8-4-2-7(3-5-8)17-6-9-10(12-11)18-14-13-9/h2-5,12H,6,11H2,1H3. The number of benzene rings is 1. The molecule has 0 spiro atoms. The van der Waals surface area contributed by atoms with Gasteiger partial charge in [-0.1, -0.05) is 4.49 Å². The van der Waals surface area contributed by atoms with Crippen molar-refractivity contribution in [2.24, 2.45) is 5.84 Å². The van der Waals surface area contributed by atoms with Crippen LogP contribution in [-0.4, -0.2) is 24.3 Å². The topological polar surface area (TPSA) is 98.0 Å². The minimum Gasteiger partial charge on any atom is -0.313 e. The van der Waals surface area contributed by atoms with Crippen molar-refractivity contribution in [1.82, 2.24) is 9.59 Å². The van der Waals surface area contributed by atoms with E-state index in [9.17, 15) is 8.42 Å². The molecule has 0 unspecified atom stereocenters. The van der Waals surface area contributed by atoms with Crippen LogP contribution in [-0.2, 0) is 15.6 Å². The van der Waals surface area contributed by atoms with E-state index in [1.54, 1.807) is 36.0 Å². The molecule has 0 aliphatic carbocycles. The van der Waals surface area contributed by atoms with Crippen LogP contribution in [0.15, 0.2) is 34.1 Å². The third-order valence-corrected chi connectivity index (χ3v) is 5.17. The molecular weight excluding hydrogens is 304 g/mol. The Balaban J connectivity index is 2.05. The normalized spacial score (nSPS) is 11.5. The largest absolute Gasteiger partial charge is 0.313 e. The second-order valence-electron chi connectivity index (χ2n) is 3.73. The smallest absolute Gasteiger partial charge is 0.175 e. The van der Waals surface area contributed by atoms with Crippen LogP contribution >= 0.6 is 23.3 Å². The van der Waals surface area contributed by atoms with E-state index in [1.165, 1.54) is 17.8 Å². The van der Waals surface area contributed by atoms with Gasteiger partial charge in [0, 0.05) is 28.4 Å². The van der Waals surface area contributed by atoms with Crippen LogP contribution < -0.4 is 11.3 Å². The number of sulfone groups is 1. The minimum atomic E-state index is -3.14. The monoisotopic (exact) mass is 316 g/mol. The van der Waals surface area contributed by atoms with Crippen molar-refractivity contribution >= 4 is 38.1 Å². The summed E-state index contributed by atoms with van der Waals surface area (Å²) in [6.45, 7) is 0. The zero-order chi connectivity index (χ0) is 13.9. The molecule has 0 bridgehead atoms. The molecule has 6 nitrogen and oxygen atoms in total. The first kappa shape index (κ1) is 14.3. The van der Waals surface area contributed by atoms with Crippen molar-refractivity contribution in [3.8, 4) is 0 Å². The Hall–Kier alpha value is -1.16. The number of hydrogen-bond donors (Lipinski definition) is 2. The summed E-state index contributed by atoms with van der Waals surface area (Å²) in [7, 11) is -3.14. The molecule has 2 rings (SSSR count). The Labute approximate surface area is 119 Å². The lowest BCUT2D eigenvalue weighted by molar-refractivity contribution is 0.602. The van der Waals surface area contributed by atoms with E-state index in [0.717, 1.165) is 15.6 Å². The lowest BCUT2D eigenvalue weighted by Gasteiger charge is -2.02. The van der Waals surface area contributed by atoms with E-state index in [1.807, 2.05) is 0 Å². The van der Waals surface area contributed by atoms with E-state index >= 15 is 0 Å². The molecule has 3 N–H and O–H groups in total. The van der Waals surface area contributed by atoms with Gasteiger partial charge in [-0.05, 0) is 24.3 Å². The summed E-state index contributed by atoms with van der Waals surface area (Å²) in [6, 6.07) is 6.74. The van der Waals surface area contributed by atoms with Crippen molar-refractivity contribution in [1.29, 1.82) is 0 Å². The molecule has 0 aliphatic rings. The summed E-state index contributed by atoms with van der Waals surface area (Å²) >= 11 is 2.74. The Kier molecular flexibility index (Phi) is 4.40. The summed E-state index contributed by atoms with van der Waals surface area (Å²) in [5.74, 6) is 5.96. The van der Waals surface area contributed by atoms with Crippen molar-refractivity contribution in [3.63, 3.8) is 0 Å². The molecular formula is C10H12N4O2S3. The highest BCUT2D eigenvalue weighted by molar-refractivity contribution is 7.98. The number of hydrogen-bond acceptors (Lipinski definition) is 8. The Morgan fingerprint density at radius 1 is 1.37 bits per heavy atom. The van der Waals surface area contributed by atoms with Gasteiger partial charge < -0.3 is 5.43 Å². The molecule has 9 heteroatoms. The second-order valence-corrected chi connectivity index (χ2v) is 7.54. The number of nitrogens with two attached hydrogens (primary N) is 1. The number of anilines is 1. The molecule has 0 saturated heterocycles. The lowest BCUT2D eigenvalue weighted by atomic mass is 10.4. The maximum atomic E-state index is 11.3. The number of nitrogens with one attached hydrogen (secondary N) is 1. The second kappa shape index (κ2) is 5.87. The fourth-order valence-electron chi connectivity index (χ4n) is 1.35. The molecule has 0 saturated carbocycles. The molecule has 19 heavy (non-hydrogen) atoms. The van der Waals surface area contributed by atoms with Crippen LogP contribution in [0.4, 0.5) is 5.00 Å². The molecule has 0 radical (unpaired) electrons. The fraction of sp³-hybridized carbons (Fsp3) is 0.200. The van der Waals surface area contributed by atoms with E-state index in [4.69, 9.17) is 5.84 Å². The van der Waals surface area contributed by atoms with E-state index < -0.39 is 9.84 Å². The Morgan fingerprint density at radius 2 is 2.05 bits per heavy atom. The fourth-order valence-corrected chi connectivity index (χ4v) is 3.40. The third kappa shape index (κ3) is 3.66. The summed E-state index contributed by atoms with van der Waals surface area (Å²) < 4.78 is 26.5. The molecule has 0 aliphatic heterocycles. The highest BCUT2D eigenvalue weighted by atomic mass is 32.2. The molecule has 102 valence electrons. The quantitative estimate of drug-likeness (QED) is 0.490. The van der Waals surface area contributed by atoms with E-state index in [2.05, 4.69) is 15.0 Å². The Bertz CT molecular complexity index is 652. The first-order valence-electron chi connectivity index (χ1n) is 5.21. The molecule has 1 heterocycles. The van der Waals surface area contributed by atoms with Crippen LogP contribution in [0.2, 0.25) is 0 Å². The van der Waals surface area contributed by atoms with Crippen LogP contribution in [0.3, 0.4) is 0 Å². The predicted octanol–water partition coefficient (Wildman–Crippen LogP) is 1.52. The molecule has 0 amide bonds. The highest BCUT2D eigenvalue weighted by Crippen LogP contribution is 2.27. The van der Waals surface area contributed by atoms with Crippen LogP contribution in [0.1, 0.15) is 5.69 Å². The maximum Gasteiger partial charge on any atom is 0.175 e. The van der Waals surface area contributed by atoms with Gasteiger partial charge in [0.1, 0.15) is 10.7 Å². The van der Waals surface area contributed by atoms with Gasteiger partial charge in [-0.15, -0.1) is 16.9 Å². The van der Waals surface area contributed by atoms with Gasteiger partial charge in [0.05, 0.1) is 4.90 Å². The first-order chi connectivity index (χ1) is 9.00. The summed E-state index contributed by atoms with van der Waals surface area (Å²) in [5.41, 5.74) is 3.32. The van der Waals surface area contributed by atoms with E-state index in [0.29, 0.717) is 10.6 Å². The number of nitrogens with zero attached hydrogens (tertiary/aromatic N) is 2.